The fraction of sp³-hybridized carbons (Fsp3) is 0.133. The number of benzene rings is 2. The van der Waals surface area contributed by atoms with E-state index in [2.05, 4.69) is 25.9 Å². The number of hydrogen-bond acceptors (Lipinski definition) is 3. The SMILES string of the molecule is Cc1ccc(-c2nc3ccc(S(C)(=O)=O)cc3[nH]2)c(Br)c1. The van der Waals surface area contributed by atoms with Crippen molar-refractivity contribution in [2.24, 2.45) is 0 Å². The number of aryl methyl sites for hydroxylation is 1. The van der Waals surface area contributed by atoms with Crippen molar-refractivity contribution in [3.05, 3.63) is 46.4 Å². The highest BCUT2D eigenvalue weighted by Crippen LogP contribution is 2.29. The van der Waals surface area contributed by atoms with Gasteiger partial charge in [-0.1, -0.05) is 22.0 Å². The quantitative estimate of drug-likeness (QED) is 0.753. The van der Waals surface area contributed by atoms with Crippen LogP contribution in [0.1, 0.15) is 5.56 Å². The summed E-state index contributed by atoms with van der Waals surface area (Å²) in [4.78, 5) is 7.98. The van der Waals surface area contributed by atoms with Gasteiger partial charge in [0.1, 0.15) is 5.82 Å². The van der Waals surface area contributed by atoms with Crippen LogP contribution in [0.25, 0.3) is 22.4 Å². The van der Waals surface area contributed by atoms with Gasteiger partial charge in [0, 0.05) is 16.3 Å². The van der Waals surface area contributed by atoms with Crippen molar-refractivity contribution in [3.8, 4) is 11.4 Å². The predicted molar refractivity (Wildman–Crippen MR) is 87.1 cm³/mol. The summed E-state index contributed by atoms with van der Waals surface area (Å²) in [5.41, 5.74) is 3.55. The van der Waals surface area contributed by atoms with Crippen molar-refractivity contribution in [1.29, 1.82) is 0 Å². The average Bonchev–Trinajstić information content (AvgIpc) is 2.79. The van der Waals surface area contributed by atoms with Gasteiger partial charge in [0.25, 0.3) is 0 Å². The molecule has 21 heavy (non-hydrogen) atoms. The number of hydrogen-bond donors (Lipinski definition) is 1. The molecule has 1 heterocycles. The highest BCUT2D eigenvalue weighted by Gasteiger charge is 2.12. The first-order valence-corrected chi connectivity index (χ1v) is 8.99. The highest BCUT2D eigenvalue weighted by molar-refractivity contribution is 9.10. The molecule has 1 N–H and O–H groups in total. The fourth-order valence-corrected chi connectivity index (χ4v) is 3.49. The Kier molecular flexibility index (Phi) is 3.37. The second kappa shape index (κ2) is 4.96. The summed E-state index contributed by atoms with van der Waals surface area (Å²) in [6, 6.07) is 10.9. The Morgan fingerprint density at radius 2 is 1.90 bits per heavy atom. The van der Waals surface area contributed by atoms with Gasteiger partial charge >= 0.3 is 0 Å². The van der Waals surface area contributed by atoms with Gasteiger partial charge in [-0.05, 0) is 42.8 Å². The molecule has 0 aliphatic heterocycles. The van der Waals surface area contributed by atoms with E-state index in [0.717, 1.165) is 21.1 Å². The minimum atomic E-state index is -3.22. The van der Waals surface area contributed by atoms with Crippen LogP contribution in [0.5, 0.6) is 0 Å². The first-order valence-electron chi connectivity index (χ1n) is 6.31. The van der Waals surface area contributed by atoms with Crippen LogP contribution in [0.4, 0.5) is 0 Å². The van der Waals surface area contributed by atoms with Crippen LogP contribution in [0.2, 0.25) is 0 Å². The summed E-state index contributed by atoms with van der Waals surface area (Å²) in [6.07, 6.45) is 1.20. The van der Waals surface area contributed by atoms with Gasteiger partial charge in [0.15, 0.2) is 9.84 Å². The largest absolute Gasteiger partial charge is 0.338 e. The van der Waals surface area contributed by atoms with Gasteiger partial charge in [-0.25, -0.2) is 13.4 Å². The lowest BCUT2D eigenvalue weighted by molar-refractivity contribution is 0.602. The first-order chi connectivity index (χ1) is 9.84. The monoisotopic (exact) mass is 364 g/mol. The van der Waals surface area contributed by atoms with E-state index in [-0.39, 0.29) is 4.90 Å². The van der Waals surface area contributed by atoms with Crippen LogP contribution in [-0.4, -0.2) is 24.6 Å². The summed E-state index contributed by atoms with van der Waals surface area (Å²) < 4.78 is 24.2. The third kappa shape index (κ3) is 2.73. The molecule has 108 valence electrons. The molecule has 0 bridgehead atoms. The van der Waals surface area contributed by atoms with Gasteiger partial charge in [0.05, 0.1) is 15.9 Å². The lowest BCUT2D eigenvalue weighted by Gasteiger charge is -2.01. The molecule has 0 saturated heterocycles. The van der Waals surface area contributed by atoms with E-state index in [1.165, 1.54) is 6.26 Å². The number of rotatable bonds is 2. The van der Waals surface area contributed by atoms with Gasteiger partial charge < -0.3 is 4.98 Å². The summed E-state index contributed by atoms with van der Waals surface area (Å²) in [5.74, 6) is 0.711. The van der Waals surface area contributed by atoms with E-state index >= 15 is 0 Å². The van der Waals surface area contributed by atoms with E-state index in [0.29, 0.717) is 11.3 Å². The molecule has 0 spiro atoms. The second-order valence-corrected chi connectivity index (χ2v) is 7.89. The zero-order valence-electron chi connectivity index (χ0n) is 11.5. The number of nitrogens with zero attached hydrogens (tertiary/aromatic N) is 1. The van der Waals surface area contributed by atoms with Crippen LogP contribution in [0, 0.1) is 6.92 Å². The molecule has 0 atom stereocenters. The van der Waals surface area contributed by atoms with Gasteiger partial charge in [-0.3, -0.25) is 0 Å². The first kappa shape index (κ1) is 14.3. The smallest absolute Gasteiger partial charge is 0.175 e. The Bertz CT molecular complexity index is 945. The molecule has 0 aliphatic carbocycles. The Morgan fingerprint density at radius 1 is 1.14 bits per heavy atom. The molecule has 0 unspecified atom stereocenters. The predicted octanol–water partition coefficient (Wildman–Crippen LogP) is 3.70. The molecule has 3 rings (SSSR count). The summed E-state index contributed by atoms with van der Waals surface area (Å²) in [5, 5.41) is 0. The van der Waals surface area contributed by atoms with Gasteiger partial charge in [0.2, 0.25) is 0 Å². The third-order valence-electron chi connectivity index (χ3n) is 3.26. The van der Waals surface area contributed by atoms with Crippen LogP contribution in [-0.2, 0) is 9.84 Å². The molecular weight excluding hydrogens is 352 g/mol. The Labute approximate surface area is 131 Å². The van der Waals surface area contributed by atoms with Crippen molar-refractivity contribution in [3.63, 3.8) is 0 Å². The number of imidazole rings is 1. The normalized spacial score (nSPS) is 12.0. The number of fused-ring (bicyclic) bond motifs is 1. The second-order valence-electron chi connectivity index (χ2n) is 5.02. The van der Waals surface area contributed by atoms with Crippen molar-refractivity contribution in [1.82, 2.24) is 9.97 Å². The maximum Gasteiger partial charge on any atom is 0.175 e. The zero-order valence-corrected chi connectivity index (χ0v) is 13.9. The summed E-state index contributed by atoms with van der Waals surface area (Å²) in [6.45, 7) is 2.02. The molecule has 0 amide bonds. The number of aromatic nitrogens is 2. The summed E-state index contributed by atoms with van der Waals surface area (Å²) in [7, 11) is -3.22. The number of nitrogens with one attached hydrogen (secondary N) is 1. The maximum absolute atomic E-state index is 11.6. The molecule has 3 aromatic rings. The number of sulfone groups is 1. The molecule has 0 aliphatic rings. The van der Waals surface area contributed by atoms with E-state index < -0.39 is 9.84 Å². The highest BCUT2D eigenvalue weighted by atomic mass is 79.9. The molecule has 1 aromatic heterocycles. The Balaban J connectivity index is 2.17. The molecule has 2 aromatic carbocycles. The summed E-state index contributed by atoms with van der Waals surface area (Å²) >= 11 is 3.53. The topological polar surface area (TPSA) is 62.8 Å². The minimum absolute atomic E-state index is 0.285. The Morgan fingerprint density at radius 3 is 2.57 bits per heavy atom. The van der Waals surface area contributed by atoms with E-state index in [1.807, 2.05) is 25.1 Å². The Hall–Kier alpha value is -1.66. The van der Waals surface area contributed by atoms with Crippen LogP contribution in [0.15, 0.2) is 45.8 Å². The lowest BCUT2D eigenvalue weighted by Crippen LogP contribution is -1.96. The van der Waals surface area contributed by atoms with Crippen molar-refractivity contribution >= 4 is 36.8 Å². The van der Waals surface area contributed by atoms with E-state index in [4.69, 9.17) is 0 Å². The van der Waals surface area contributed by atoms with Gasteiger partial charge in [-0.2, -0.15) is 0 Å². The van der Waals surface area contributed by atoms with Crippen LogP contribution >= 0.6 is 15.9 Å². The molecule has 0 fully saturated rings. The van der Waals surface area contributed by atoms with Gasteiger partial charge in [-0.15, -0.1) is 0 Å². The number of halogens is 1. The minimum Gasteiger partial charge on any atom is -0.338 e. The molecule has 0 radical (unpaired) electrons. The average molecular weight is 365 g/mol. The maximum atomic E-state index is 11.6. The van der Waals surface area contributed by atoms with Crippen LogP contribution in [0.3, 0.4) is 0 Å². The molecule has 0 saturated carbocycles. The lowest BCUT2D eigenvalue weighted by atomic mass is 10.1. The van der Waals surface area contributed by atoms with Crippen molar-refractivity contribution in [2.75, 3.05) is 6.26 Å². The van der Waals surface area contributed by atoms with Crippen LogP contribution < -0.4 is 0 Å². The molecular formula is C15H13BrN2O2S. The zero-order chi connectivity index (χ0) is 15.2. The standard InChI is InChI=1S/C15H13BrN2O2S/c1-9-3-5-11(12(16)7-9)15-17-13-6-4-10(21(2,19)20)8-14(13)18-15/h3-8H,1-2H3,(H,17,18). The number of aromatic amines is 1. The fourth-order valence-electron chi connectivity index (χ4n) is 2.16. The molecule has 6 heteroatoms. The van der Waals surface area contributed by atoms with Crippen molar-refractivity contribution < 1.29 is 8.42 Å². The van der Waals surface area contributed by atoms with E-state index in [9.17, 15) is 8.42 Å². The molecule has 4 nitrogen and oxygen atoms in total. The third-order valence-corrected chi connectivity index (χ3v) is 5.03. The number of H-pyrrole nitrogens is 1. The van der Waals surface area contributed by atoms with E-state index in [1.54, 1.807) is 18.2 Å². The van der Waals surface area contributed by atoms with Crippen molar-refractivity contribution in [2.45, 2.75) is 11.8 Å².